The van der Waals surface area contributed by atoms with Gasteiger partial charge in [0.25, 0.3) is 0 Å². The van der Waals surface area contributed by atoms with Crippen molar-refractivity contribution in [3.05, 3.63) is 23.8 Å². The molecule has 0 spiro atoms. The first-order chi connectivity index (χ1) is 7.72. The normalized spacial score (nSPS) is 9.94. The molecule has 0 heterocycles. The molecule has 88 valence electrons. The molecule has 0 amide bonds. The Morgan fingerprint density at radius 3 is 2.69 bits per heavy atom. The number of rotatable bonds is 5. The van der Waals surface area contributed by atoms with Gasteiger partial charge in [-0.15, -0.1) is 11.8 Å². The largest absolute Gasteiger partial charge is 0.496 e. The molecule has 0 atom stereocenters. The molecule has 0 aromatic heterocycles. The van der Waals surface area contributed by atoms with Gasteiger partial charge in [0.2, 0.25) is 0 Å². The highest BCUT2D eigenvalue weighted by atomic mass is 32.2. The Morgan fingerprint density at radius 1 is 1.38 bits per heavy atom. The molecular formula is C12H16O3S. The summed E-state index contributed by atoms with van der Waals surface area (Å²) >= 11 is 1.71. The lowest BCUT2D eigenvalue weighted by atomic mass is 10.2. The second kappa shape index (κ2) is 6.43. The van der Waals surface area contributed by atoms with E-state index in [1.54, 1.807) is 31.9 Å². The number of carbonyl (C=O) groups excluding carboxylic acids is 1. The monoisotopic (exact) mass is 240 g/mol. The zero-order valence-corrected chi connectivity index (χ0v) is 10.6. The average Bonchev–Trinajstić information content (AvgIpc) is 2.29. The maximum absolute atomic E-state index is 11.6. The number of ether oxygens (including phenoxy) is 2. The van der Waals surface area contributed by atoms with Crippen LogP contribution in [0.3, 0.4) is 0 Å². The molecule has 3 nitrogen and oxygen atoms in total. The first kappa shape index (κ1) is 12.9. The summed E-state index contributed by atoms with van der Waals surface area (Å²) in [5.74, 6) is 1.21. The molecule has 0 radical (unpaired) electrons. The maximum atomic E-state index is 11.6. The van der Waals surface area contributed by atoms with Crippen LogP contribution < -0.4 is 4.74 Å². The van der Waals surface area contributed by atoms with E-state index in [0.717, 1.165) is 10.6 Å². The first-order valence-corrected chi connectivity index (χ1v) is 6.19. The molecule has 1 aromatic rings. The van der Waals surface area contributed by atoms with Gasteiger partial charge < -0.3 is 9.47 Å². The SMILES string of the molecule is CCOC(=O)c1ccc(SCC)cc1OC. The zero-order valence-electron chi connectivity index (χ0n) is 9.78. The van der Waals surface area contributed by atoms with Crippen LogP contribution in [0.1, 0.15) is 24.2 Å². The fourth-order valence-corrected chi connectivity index (χ4v) is 1.99. The highest BCUT2D eigenvalue weighted by Crippen LogP contribution is 2.27. The quantitative estimate of drug-likeness (QED) is 0.585. The Balaban J connectivity index is 2.96. The molecule has 4 heteroatoms. The molecule has 1 rings (SSSR count). The van der Waals surface area contributed by atoms with Crippen molar-refractivity contribution in [3.63, 3.8) is 0 Å². The average molecular weight is 240 g/mol. The minimum Gasteiger partial charge on any atom is -0.496 e. The molecule has 0 unspecified atom stereocenters. The summed E-state index contributed by atoms with van der Waals surface area (Å²) in [6, 6.07) is 5.51. The van der Waals surface area contributed by atoms with Gasteiger partial charge in [0.15, 0.2) is 0 Å². The third kappa shape index (κ3) is 3.17. The second-order valence-electron chi connectivity index (χ2n) is 3.02. The van der Waals surface area contributed by atoms with Crippen LogP contribution in [0.25, 0.3) is 0 Å². The van der Waals surface area contributed by atoms with Crippen molar-refractivity contribution < 1.29 is 14.3 Å². The topological polar surface area (TPSA) is 35.5 Å². The van der Waals surface area contributed by atoms with Gasteiger partial charge in [0, 0.05) is 4.90 Å². The van der Waals surface area contributed by atoms with E-state index in [9.17, 15) is 4.79 Å². The van der Waals surface area contributed by atoms with Crippen LogP contribution in [0.15, 0.2) is 23.1 Å². The van der Waals surface area contributed by atoms with Crippen LogP contribution in [-0.2, 0) is 4.74 Å². The first-order valence-electron chi connectivity index (χ1n) is 5.20. The minimum absolute atomic E-state index is 0.340. The molecule has 0 bridgehead atoms. The van der Waals surface area contributed by atoms with Crippen molar-refractivity contribution in [1.82, 2.24) is 0 Å². The summed E-state index contributed by atoms with van der Waals surface area (Å²) in [4.78, 5) is 12.7. The zero-order chi connectivity index (χ0) is 12.0. The van der Waals surface area contributed by atoms with Crippen molar-refractivity contribution in [1.29, 1.82) is 0 Å². The van der Waals surface area contributed by atoms with E-state index in [-0.39, 0.29) is 5.97 Å². The van der Waals surface area contributed by atoms with E-state index in [0.29, 0.717) is 17.9 Å². The predicted octanol–water partition coefficient (Wildman–Crippen LogP) is 2.98. The third-order valence-electron chi connectivity index (χ3n) is 1.98. The summed E-state index contributed by atoms with van der Waals surface area (Å²) in [5.41, 5.74) is 0.477. The van der Waals surface area contributed by atoms with Gasteiger partial charge in [-0.2, -0.15) is 0 Å². The van der Waals surface area contributed by atoms with Crippen molar-refractivity contribution in [2.45, 2.75) is 18.7 Å². The van der Waals surface area contributed by atoms with Crippen molar-refractivity contribution in [2.24, 2.45) is 0 Å². The number of esters is 1. The van der Waals surface area contributed by atoms with E-state index in [4.69, 9.17) is 9.47 Å². The number of hydrogen-bond donors (Lipinski definition) is 0. The summed E-state index contributed by atoms with van der Waals surface area (Å²) < 4.78 is 10.1. The lowest BCUT2D eigenvalue weighted by Crippen LogP contribution is -2.06. The van der Waals surface area contributed by atoms with Gasteiger partial charge in [-0.1, -0.05) is 6.92 Å². The highest BCUT2D eigenvalue weighted by molar-refractivity contribution is 7.99. The van der Waals surface area contributed by atoms with Crippen LogP contribution >= 0.6 is 11.8 Å². The predicted molar refractivity (Wildman–Crippen MR) is 65.3 cm³/mol. The van der Waals surface area contributed by atoms with Gasteiger partial charge in [-0.25, -0.2) is 4.79 Å². The van der Waals surface area contributed by atoms with Crippen molar-refractivity contribution >= 4 is 17.7 Å². The molecule has 0 N–H and O–H groups in total. The summed E-state index contributed by atoms with van der Waals surface area (Å²) in [5, 5.41) is 0. The summed E-state index contributed by atoms with van der Waals surface area (Å²) in [6.07, 6.45) is 0. The summed E-state index contributed by atoms with van der Waals surface area (Å²) in [6.45, 7) is 4.23. The van der Waals surface area contributed by atoms with E-state index < -0.39 is 0 Å². The molecule has 0 aliphatic rings. The highest BCUT2D eigenvalue weighted by Gasteiger charge is 2.13. The van der Waals surface area contributed by atoms with E-state index in [1.165, 1.54) is 0 Å². The van der Waals surface area contributed by atoms with Crippen molar-refractivity contribution in [2.75, 3.05) is 19.5 Å². The molecule has 0 aliphatic heterocycles. The molecular weight excluding hydrogens is 224 g/mol. The number of thioether (sulfide) groups is 1. The molecule has 0 fully saturated rings. The number of benzene rings is 1. The van der Waals surface area contributed by atoms with Crippen LogP contribution in [0.4, 0.5) is 0 Å². The smallest absolute Gasteiger partial charge is 0.341 e. The van der Waals surface area contributed by atoms with Crippen LogP contribution in [0.2, 0.25) is 0 Å². The van der Waals surface area contributed by atoms with Gasteiger partial charge in [0.05, 0.1) is 13.7 Å². The Bertz CT molecular complexity index is 363. The van der Waals surface area contributed by atoms with Gasteiger partial charge in [-0.3, -0.25) is 0 Å². The van der Waals surface area contributed by atoms with E-state index in [2.05, 4.69) is 6.92 Å². The fraction of sp³-hybridized carbons (Fsp3) is 0.417. The molecule has 1 aromatic carbocycles. The molecule has 0 saturated heterocycles. The van der Waals surface area contributed by atoms with Crippen molar-refractivity contribution in [3.8, 4) is 5.75 Å². The third-order valence-corrected chi connectivity index (χ3v) is 2.86. The van der Waals surface area contributed by atoms with Crippen LogP contribution in [0.5, 0.6) is 5.75 Å². The van der Waals surface area contributed by atoms with Crippen LogP contribution in [-0.4, -0.2) is 25.4 Å². The maximum Gasteiger partial charge on any atom is 0.341 e. The van der Waals surface area contributed by atoms with Gasteiger partial charge in [-0.05, 0) is 30.9 Å². The van der Waals surface area contributed by atoms with E-state index in [1.807, 2.05) is 12.1 Å². The Labute approximate surface area is 100 Å². The number of hydrogen-bond acceptors (Lipinski definition) is 4. The van der Waals surface area contributed by atoms with Crippen LogP contribution in [0, 0.1) is 0 Å². The Morgan fingerprint density at radius 2 is 2.12 bits per heavy atom. The Hall–Kier alpha value is -1.16. The fourth-order valence-electron chi connectivity index (χ4n) is 1.31. The second-order valence-corrected chi connectivity index (χ2v) is 4.35. The minimum atomic E-state index is -0.340. The number of methoxy groups -OCH3 is 1. The molecule has 0 aliphatic carbocycles. The Kier molecular flexibility index (Phi) is 5.19. The van der Waals surface area contributed by atoms with Gasteiger partial charge in [0.1, 0.15) is 11.3 Å². The van der Waals surface area contributed by atoms with Gasteiger partial charge >= 0.3 is 5.97 Å². The lowest BCUT2D eigenvalue weighted by molar-refractivity contribution is 0.0522. The summed E-state index contributed by atoms with van der Waals surface area (Å²) in [7, 11) is 1.55. The standard InChI is InChI=1S/C12H16O3S/c1-4-15-12(13)10-7-6-9(16-5-2)8-11(10)14-3/h6-8H,4-5H2,1-3H3. The lowest BCUT2D eigenvalue weighted by Gasteiger charge is -2.09. The molecule has 16 heavy (non-hydrogen) atoms. The van der Waals surface area contributed by atoms with E-state index >= 15 is 0 Å². The number of carbonyl (C=O) groups is 1. The molecule has 0 saturated carbocycles.